The van der Waals surface area contributed by atoms with Crippen molar-refractivity contribution in [2.75, 3.05) is 0 Å². The molecular formula is C33H21N3O. The summed E-state index contributed by atoms with van der Waals surface area (Å²) in [6.07, 6.45) is 3.87. The molecule has 8 rings (SSSR count). The van der Waals surface area contributed by atoms with Crippen LogP contribution in [0.15, 0.2) is 132 Å². The van der Waals surface area contributed by atoms with Gasteiger partial charge in [-0.25, -0.2) is 4.98 Å². The Morgan fingerprint density at radius 3 is 2.00 bits per heavy atom. The number of para-hydroxylation sites is 3. The summed E-state index contributed by atoms with van der Waals surface area (Å²) in [5.41, 5.74) is 7.21. The molecule has 3 heterocycles. The molecule has 0 saturated carbocycles. The Bertz CT molecular complexity index is 2040. The van der Waals surface area contributed by atoms with Gasteiger partial charge in [-0.1, -0.05) is 84.9 Å². The number of aromatic nitrogens is 3. The standard InChI is InChI=1S/C33H21N3O/c1-2-10-22(11-3-1)33-34-20-21-35(33)28-17-9-19-30-31(28)25-14-8-18-29(32(25)37-30)36-26-15-6-4-12-23(26)24-13-5-7-16-27(24)36/h1-21H. The fourth-order valence-corrected chi connectivity index (χ4v) is 5.67. The van der Waals surface area contributed by atoms with Gasteiger partial charge in [-0.05, 0) is 30.3 Å². The summed E-state index contributed by atoms with van der Waals surface area (Å²) < 4.78 is 11.1. The zero-order chi connectivity index (χ0) is 24.3. The minimum absolute atomic E-state index is 0.855. The number of nitrogens with zero attached hydrogens (tertiary/aromatic N) is 3. The van der Waals surface area contributed by atoms with Crippen LogP contribution in [0.1, 0.15) is 0 Å². The van der Waals surface area contributed by atoms with Gasteiger partial charge in [-0.2, -0.15) is 0 Å². The molecule has 3 aromatic heterocycles. The predicted octanol–water partition coefficient (Wildman–Crippen LogP) is 8.54. The van der Waals surface area contributed by atoms with Crippen LogP contribution in [-0.4, -0.2) is 14.1 Å². The first kappa shape index (κ1) is 20.1. The zero-order valence-corrected chi connectivity index (χ0v) is 19.9. The van der Waals surface area contributed by atoms with E-state index in [0.29, 0.717) is 0 Å². The van der Waals surface area contributed by atoms with E-state index in [1.807, 2.05) is 36.7 Å². The van der Waals surface area contributed by atoms with Gasteiger partial charge in [0.2, 0.25) is 0 Å². The second-order valence-electron chi connectivity index (χ2n) is 9.26. The van der Waals surface area contributed by atoms with Crippen molar-refractivity contribution in [3.05, 3.63) is 128 Å². The molecule has 0 aliphatic carbocycles. The summed E-state index contributed by atoms with van der Waals surface area (Å²) in [5.74, 6) is 0.904. The SMILES string of the molecule is c1ccc(-c2nccn2-c2cccc3oc4c(-n5c6ccccc6c6ccccc65)cccc4c23)cc1. The lowest BCUT2D eigenvalue weighted by Gasteiger charge is -2.10. The number of benzene rings is 5. The summed E-state index contributed by atoms with van der Waals surface area (Å²) in [5, 5.41) is 4.63. The largest absolute Gasteiger partial charge is 0.454 e. The summed E-state index contributed by atoms with van der Waals surface area (Å²) in [6, 6.07) is 40.1. The van der Waals surface area contributed by atoms with E-state index in [1.165, 1.54) is 10.8 Å². The van der Waals surface area contributed by atoms with E-state index in [1.54, 1.807) is 0 Å². The molecule has 0 amide bonds. The number of furan rings is 1. The van der Waals surface area contributed by atoms with E-state index < -0.39 is 0 Å². The van der Waals surface area contributed by atoms with Gasteiger partial charge in [0.05, 0.1) is 27.8 Å². The predicted molar refractivity (Wildman–Crippen MR) is 151 cm³/mol. The minimum atomic E-state index is 0.855. The highest BCUT2D eigenvalue weighted by atomic mass is 16.3. The van der Waals surface area contributed by atoms with E-state index in [9.17, 15) is 0 Å². The van der Waals surface area contributed by atoms with Crippen LogP contribution in [0.5, 0.6) is 0 Å². The first-order valence-electron chi connectivity index (χ1n) is 12.4. The van der Waals surface area contributed by atoms with Crippen LogP contribution >= 0.6 is 0 Å². The Balaban J connectivity index is 1.44. The van der Waals surface area contributed by atoms with E-state index in [-0.39, 0.29) is 0 Å². The molecule has 0 N–H and O–H groups in total. The molecule has 0 unspecified atom stereocenters. The number of fused-ring (bicyclic) bond motifs is 6. The van der Waals surface area contributed by atoms with Gasteiger partial charge < -0.3 is 8.98 Å². The molecule has 0 aliphatic heterocycles. The second-order valence-corrected chi connectivity index (χ2v) is 9.26. The molecule has 37 heavy (non-hydrogen) atoms. The molecule has 0 saturated heterocycles. The van der Waals surface area contributed by atoms with Gasteiger partial charge in [-0.15, -0.1) is 0 Å². The quantitative estimate of drug-likeness (QED) is 0.257. The maximum Gasteiger partial charge on any atom is 0.159 e. The number of hydrogen-bond acceptors (Lipinski definition) is 2. The summed E-state index contributed by atoms with van der Waals surface area (Å²) in [4.78, 5) is 4.69. The third kappa shape index (κ3) is 2.87. The van der Waals surface area contributed by atoms with Crippen LogP contribution in [0.3, 0.4) is 0 Å². The monoisotopic (exact) mass is 475 g/mol. The van der Waals surface area contributed by atoms with Crippen molar-refractivity contribution in [2.24, 2.45) is 0 Å². The molecule has 8 aromatic rings. The van der Waals surface area contributed by atoms with Crippen molar-refractivity contribution < 1.29 is 4.42 Å². The molecule has 0 spiro atoms. The van der Waals surface area contributed by atoms with Crippen LogP contribution in [0.4, 0.5) is 0 Å². The maximum atomic E-state index is 6.63. The van der Waals surface area contributed by atoms with E-state index in [0.717, 1.165) is 55.7 Å². The minimum Gasteiger partial charge on any atom is -0.454 e. The van der Waals surface area contributed by atoms with Crippen molar-refractivity contribution in [2.45, 2.75) is 0 Å². The molecule has 4 nitrogen and oxygen atoms in total. The summed E-state index contributed by atoms with van der Waals surface area (Å²) in [6.45, 7) is 0. The van der Waals surface area contributed by atoms with Crippen LogP contribution in [0.2, 0.25) is 0 Å². The van der Waals surface area contributed by atoms with Crippen molar-refractivity contribution in [3.8, 4) is 22.8 Å². The fourth-order valence-electron chi connectivity index (χ4n) is 5.67. The van der Waals surface area contributed by atoms with Gasteiger partial charge in [-0.3, -0.25) is 4.57 Å². The van der Waals surface area contributed by atoms with Gasteiger partial charge in [0.1, 0.15) is 11.4 Å². The van der Waals surface area contributed by atoms with Crippen LogP contribution < -0.4 is 0 Å². The first-order chi connectivity index (χ1) is 18.4. The molecule has 0 bridgehead atoms. The lowest BCUT2D eigenvalue weighted by Crippen LogP contribution is -1.97. The first-order valence-corrected chi connectivity index (χ1v) is 12.4. The van der Waals surface area contributed by atoms with Crippen molar-refractivity contribution in [1.29, 1.82) is 0 Å². The van der Waals surface area contributed by atoms with Gasteiger partial charge in [0, 0.05) is 34.1 Å². The fraction of sp³-hybridized carbons (Fsp3) is 0. The normalized spacial score (nSPS) is 11.8. The second kappa shape index (κ2) is 7.70. The highest BCUT2D eigenvalue weighted by molar-refractivity contribution is 6.14. The van der Waals surface area contributed by atoms with Crippen molar-refractivity contribution in [3.63, 3.8) is 0 Å². The molecule has 4 heteroatoms. The molecular weight excluding hydrogens is 454 g/mol. The van der Waals surface area contributed by atoms with E-state index in [2.05, 4.69) is 105 Å². The van der Waals surface area contributed by atoms with Crippen LogP contribution in [-0.2, 0) is 0 Å². The average molecular weight is 476 g/mol. The molecule has 0 fully saturated rings. The van der Waals surface area contributed by atoms with Crippen LogP contribution in [0.25, 0.3) is 66.5 Å². The smallest absolute Gasteiger partial charge is 0.159 e. The summed E-state index contributed by atoms with van der Waals surface area (Å²) in [7, 11) is 0. The molecule has 174 valence electrons. The number of rotatable bonds is 3. The van der Waals surface area contributed by atoms with E-state index >= 15 is 0 Å². The molecule has 0 atom stereocenters. The van der Waals surface area contributed by atoms with Gasteiger partial charge in [0.15, 0.2) is 5.58 Å². The van der Waals surface area contributed by atoms with Gasteiger partial charge in [0.25, 0.3) is 0 Å². The van der Waals surface area contributed by atoms with Crippen molar-refractivity contribution in [1.82, 2.24) is 14.1 Å². The maximum absolute atomic E-state index is 6.63. The lowest BCUT2D eigenvalue weighted by molar-refractivity contribution is 0.666. The average Bonchev–Trinajstić information content (AvgIpc) is 3.67. The van der Waals surface area contributed by atoms with Gasteiger partial charge >= 0.3 is 0 Å². The summed E-state index contributed by atoms with van der Waals surface area (Å²) >= 11 is 0. The number of hydrogen-bond donors (Lipinski definition) is 0. The Morgan fingerprint density at radius 1 is 0.568 bits per heavy atom. The van der Waals surface area contributed by atoms with Crippen LogP contribution in [0, 0.1) is 0 Å². The molecule has 0 aliphatic rings. The number of imidazole rings is 1. The molecule has 5 aromatic carbocycles. The Kier molecular flexibility index (Phi) is 4.19. The highest BCUT2D eigenvalue weighted by Crippen LogP contribution is 2.40. The third-order valence-corrected chi connectivity index (χ3v) is 7.23. The van der Waals surface area contributed by atoms with E-state index in [4.69, 9.17) is 4.42 Å². The third-order valence-electron chi connectivity index (χ3n) is 7.23. The van der Waals surface area contributed by atoms with Crippen molar-refractivity contribution >= 4 is 43.7 Å². The molecule has 0 radical (unpaired) electrons. The zero-order valence-electron chi connectivity index (χ0n) is 19.9. The lowest BCUT2D eigenvalue weighted by atomic mass is 10.1. The topological polar surface area (TPSA) is 35.9 Å². The Labute approximate surface area is 212 Å². The Hall–Kier alpha value is -5.09. The highest BCUT2D eigenvalue weighted by Gasteiger charge is 2.20. The Morgan fingerprint density at radius 2 is 1.22 bits per heavy atom.